The summed E-state index contributed by atoms with van der Waals surface area (Å²) in [7, 11) is 0. The Labute approximate surface area is 90.8 Å². The van der Waals surface area contributed by atoms with Crippen molar-refractivity contribution in [2.24, 2.45) is 5.90 Å². The van der Waals surface area contributed by atoms with Crippen molar-refractivity contribution in [1.29, 1.82) is 0 Å². The number of rotatable bonds is 3. The fourth-order valence-corrected chi connectivity index (χ4v) is 2.02. The van der Waals surface area contributed by atoms with E-state index in [1.165, 1.54) is 11.3 Å². The highest BCUT2D eigenvalue weighted by atomic mass is 16.6. The minimum atomic E-state index is 0.191. The third-order valence-electron chi connectivity index (χ3n) is 3.05. The van der Waals surface area contributed by atoms with Crippen LogP contribution in [0.4, 0.5) is 5.69 Å². The molecule has 3 nitrogen and oxygen atoms in total. The third-order valence-corrected chi connectivity index (χ3v) is 3.05. The van der Waals surface area contributed by atoms with Crippen LogP contribution in [0.25, 0.3) is 0 Å². The van der Waals surface area contributed by atoms with Crippen molar-refractivity contribution in [2.75, 3.05) is 18.0 Å². The van der Waals surface area contributed by atoms with E-state index in [4.69, 9.17) is 10.7 Å². The van der Waals surface area contributed by atoms with Gasteiger partial charge in [-0.2, -0.15) is 0 Å². The van der Waals surface area contributed by atoms with Gasteiger partial charge in [-0.05, 0) is 30.5 Å². The van der Waals surface area contributed by atoms with Crippen molar-refractivity contribution in [1.82, 2.24) is 0 Å². The van der Waals surface area contributed by atoms with Crippen LogP contribution in [0.2, 0.25) is 0 Å². The van der Waals surface area contributed by atoms with Gasteiger partial charge in [-0.3, -0.25) is 4.84 Å². The Morgan fingerprint density at radius 1 is 1.40 bits per heavy atom. The Balaban J connectivity index is 2.04. The first-order valence-electron chi connectivity index (χ1n) is 5.53. The van der Waals surface area contributed by atoms with E-state index in [0.29, 0.717) is 0 Å². The van der Waals surface area contributed by atoms with Crippen LogP contribution in [0.15, 0.2) is 24.3 Å². The zero-order valence-electron chi connectivity index (χ0n) is 9.15. The molecular formula is C12H18N2O. The minimum Gasteiger partial charge on any atom is -0.369 e. The largest absolute Gasteiger partial charge is 0.369 e. The molecule has 82 valence electrons. The van der Waals surface area contributed by atoms with Crippen molar-refractivity contribution >= 4 is 5.69 Å². The molecule has 1 aliphatic heterocycles. The Hall–Kier alpha value is -1.06. The number of nitrogens with two attached hydrogens (primary N) is 1. The second-order valence-corrected chi connectivity index (χ2v) is 4.01. The van der Waals surface area contributed by atoms with E-state index in [2.05, 4.69) is 36.1 Å². The van der Waals surface area contributed by atoms with Gasteiger partial charge in [0.15, 0.2) is 0 Å². The van der Waals surface area contributed by atoms with Gasteiger partial charge in [0.05, 0.1) is 6.10 Å². The van der Waals surface area contributed by atoms with Gasteiger partial charge in [0.2, 0.25) is 0 Å². The molecule has 1 aliphatic rings. The molecule has 1 atom stereocenters. The zero-order valence-corrected chi connectivity index (χ0v) is 9.15. The first-order valence-corrected chi connectivity index (χ1v) is 5.53. The molecule has 1 aromatic rings. The zero-order chi connectivity index (χ0) is 10.7. The number of aryl methyl sites for hydroxylation is 1. The summed E-state index contributed by atoms with van der Waals surface area (Å²) >= 11 is 0. The van der Waals surface area contributed by atoms with Crippen molar-refractivity contribution in [2.45, 2.75) is 25.9 Å². The molecule has 2 N–H and O–H groups in total. The summed E-state index contributed by atoms with van der Waals surface area (Å²) in [5, 5.41) is 0. The van der Waals surface area contributed by atoms with Gasteiger partial charge in [-0.1, -0.05) is 19.1 Å². The molecule has 1 saturated heterocycles. The van der Waals surface area contributed by atoms with E-state index in [0.717, 1.165) is 25.9 Å². The minimum absolute atomic E-state index is 0.191. The number of benzene rings is 1. The van der Waals surface area contributed by atoms with Gasteiger partial charge >= 0.3 is 0 Å². The molecule has 1 heterocycles. The van der Waals surface area contributed by atoms with E-state index >= 15 is 0 Å². The topological polar surface area (TPSA) is 38.5 Å². The highest BCUT2D eigenvalue weighted by molar-refractivity contribution is 5.48. The monoisotopic (exact) mass is 206 g/mol. The number of hydrogen-bond acceptors (Lipinski definition) is 3. The maximum atomic E-state index is 5.19. The summed E-state index contributed by atoms with van der Waals surface area (Å²) < 4.78 is 0. The van der Waals surface area contributed by atoms with E-state index < -0.39 is 0 Å². The van der Waals surface area contributed by atoms with E-state index in [1.54, 1.807) is 0 Å². The molecule has 1 unspecified atom stereocenters. The Morgan fingerprint density at radius 3 is 2.67 bits per heavy atom. The van der Waals surface area contributed by atoms with Gasteiger partial charge < -0.3 is 4.90 Å². The average Bonchev–Trinajstić information content (AvgIpc) is 2.78. The lowest BCUT2D eigenvalue weighted by Crippen LogP contribution is -2.24. The van der Waals surface area contributed by atoms with E-state index in [1.807, 2.05) is 0 Å². The molecule has 2 rings (SSSR count). The summed E-state index contributed by atoms with van der Waals surface area (Å²) in [6.07, 6.45) is 2.30. The van der Waals surface area contributed by atoms with Crippen LogP contribution in [0.3, 0.4) is 0 Å². The van der Waals surface area contributed by atoms with Gasteiger partial charge in [0.1, 0.15) is 0 Å². The predicted molar refractivity (Wildman–Crippen MR) is 61.7 cm³/mol. The third kappa shape index (κ3) is 2.30. The molecule has 15 heavy (non-hydrogen) atoms. The number of anilines is 1. The van der Waals surface area contributed by atoms with Crippen molar-refractivity contribution < 1.29 is 4.84 Å². The smallest absolute Gasteiger partial charge is 0.0978 e. The molecule has 0 bridgehead atoms. The van der Waals surface area contributed by atoms with Gasteiger partial charge in [0.25, 0.3) is 0 Å². The Bertz CT molecular complexity index is 310. The molecule has 0 aliphatic carbocycles. The van der Waals surface area contributed by atoms with Crippen LogP contribution in [0, 0.1) is 0 Å². The first kappa shape index (κ1) is 10.5. The second-order valence-electron chi connectivity index (χ2n) is 4.01. The highest BCUT2D eigenvalue weighted by Gasteiger charge is 2.22. The van der Waals surface area contributed by atoms with Gasteiger partial charge in [0, 0.05) is 18.8 Å². The van der Waals surface area contributed by atoms with Crippen LogP contribution >= 0.6 is 0 Å². The lowest BCUT2D eigenvalue weighted by molar-refractivity contribution is 0.0690. The maximum absolute atomic E-state index is 5.19. The van der Waals surface area contributed by atoms with Gasteiger partial charge in [-0.25, -0.2) is 5.90 Å². The van der Waals surface area contributed by atoms with Gasteiger partial charge in [-0.15, -0.1) is 0 Å². The second kappa shape index (κ2) is 4.64. The molecule has 1 aromatic carbocycles. The van der Waals surface area contributed by atoms with Crippen LogP contribution in [0.1, 0.15) is 18.9 Å². The SMILES string of the molecule is CCc1ccc(N2CCC(ON)C2)cc1. The lowest BCUT2D eigenvalue weighted by atomic mass is 10.1. The summed E-state index contributed by atoms with van der Waals surface area (Å²) in [4.78, 5) is 7.18. The summed E-state index contributed by atoms with van der Waals surface area (Å²) in [6.45, 7) is 4.11. The van der Waals surface area contributed by atoms with Crippen LogP contribution < -0.4 is 10.8 Å². The highest BCUT2D eigenvalue weighted by Crippen LogP contribution is 2.21. The van der Waals surface area contributed by atoms with Crippen molar-refractivity contribution in [3.05, 3.63) is 29.8 Å². The average molecular weight is 206 g/mol. The fraction of sp³-hybridized carbons (Fsp3) is 0.500. The molecule has 0 amide bonds. The van der Waals surface area contributed by atoms with Crippen molar-refractivity contribution in [3.8, 4) is 0 Å². The predicted octanol–water partition coefficient (Wildman–Crippen LogP) is 1.72. The lowest BCUT2D eigenvalue weighted by Gasteiger charge is -2.18. The number of nitrogens with zero attached hydrogens (tertiary/aromatic N) is 1. The molecule has 1 fully saturated rings. The summed E-state index contributed by atoms with van der Waals surface area (Å²) in [5.41, 5.74) is 2.65. The molecule has 0 saturated carbocycles. The molecule has 0 radical (unpaired) electrons. The van der Waals surface area contributed by atoms with Crippen LogP contribution in [0.5, 0.6) is 0 Å². The van der Waals surface area contributed by atoms with E-state index in [-0.39, 0.29) is 6.10 Å². The van der Waals surface area contributed by atoms with E-state index in [9.17, 15) is 0 Å². The van der Waals surface area contributed by atoms with Crippen LogP contribution in [-0.4, -0.2) is 19.2 Å². The summed E-state index contributed by atoms with van der Waals surface area (Å²) in [5.74, 6) is 5.19. The molecular weight excluding hydrogens is 188 g/mol. The van der Waals surface area contributed by atoms with Crippen molar-refractivity contribution in [3.63, 3.8) is 0 Å². The first-order chi connectivity index (χ1) is 7.33. The van der Waals surface area contributed by atoms with Crippen LogP contribution in [-0.2, 0) is 11.3 Å². The Kier molecular flexibility index (Phi) is 3.23. The Morgan fingerprint density at radius 2 is 2.13 bits per heavy atom. The standard InChI is InChI=1S/C12H18N2O/c1-2-10-3-5-11(6-4-10)14-8-7-12(9-14)15-13/h3-6,12H,2,7-9,13H2,1H3. The normalized spacial score (nSPS) is 20.9. The molecule has 0 aromatic heterocycles. The number of hydrogen-bond donors (Lipinski definition) is 1. The summed E-state index contributed by atoms with van der Waals surface area (Å²) in [6, 6.07) is 8.73. The maximum Gasteiger partial charge on any atom is 0.0978 e. The molecule has 0 spiro atoms. The quantitative estimate of drug-likeness (QED) is 0.765. The fourth-order valence-electron chi connectivity index (χ4n) is 2.02. The molecule has 3 heteroatoms.